The highest BCUT2D eigenvalue weighted by molar-refractivity contribution is 6.07. The molecule has 1 atom stereocenters. The van der Waals surface area contributed by atoms with Crippen LogP contribution in [0.4, 0.5) is 17.6 Å². The van der Waals surface area contributed by atoms with Crippen LogP contribution in [0.5, 0.6) is 0 Å². The van der Waals surface area contributed by atoms with Gasteiger partial charge in [-0.25, -0.2) is 19.3 Å². The molecule has 3 heterocycles. The minimum Gasteiger partial charge on any atom is -0.327 e. The molecule has 2 aromatic heterocycles. The number of halogens is 4. The van der Waals surface area contributed by atoms with E-state index in [1.165, 1.54) is 36.9 Å². The summed E-state index contributed by atoms with van der Waals surface area (Å²) < 4.78 is 53.8. The van der Waals surface area contributed by atoms with Crippen molar-refractivity contribution in [1.29, 1.82) is 0 Å². The summed E-state index contributed by atoms with van der Waals surface area (Å²) in [5.41, 5.74) is 1.09. The van der Waals surface area contributed by atoms with Gasteiger partial charge >= 0.3 is 6.18 Å². The van der Waals surface area contributed by atoms with Crippen molar-refractivity contribution in [3.05, 3.63) is 54.4 Å². The number of hydrogen-bond acceptors (Lipinski definition) is 4. The van der Waals surface area contributed by atoms with Gasteiger partial charge in [0.25, 0.3) is 5.91 Å². The Hall–Kier alpha value is -3.10. The van der Waals surface area contributed by atoms with E-state index in [1.54, 1.807) is 0 Å². The first-order valence-corrected chi connectivity index (χ1v) is 8.58. The normalized spacial score (nSPS) is 17.3. The van der Waals surface area contributed by atoms with Crippen LogP contribution in [0.1, 0.15) is 23.2 Å². The van der Waals surface area contributed by atoms with Gasteiger partial charge in [0.1, 0.15) is 18.2 Å². The lowest BCUT2D eigenvalue weighted by Crippen LogP contribution is -2.44. The maximum Gasteiger partial charge on any atom is 0.408 e. The number of benzene rings is 1. The van der Waals surface area contributed by atoms with E-state index in [-0.39, 0.29) is 30.3 Å². The molecule has 0 radical (unpaired) electrons. The van der Waals surface area contributed by atoms with Crippen LogP contribution >= 0.6 is 0 Å². The summed E-state index contributed by atoms with van der Waals surface area (Å²) >= 11 is 0. The van der Waals surface area contributed by atoms with E-state index in [9.17, 15) is 22.4 Å². The molecule has 1 saturated heterocycles. The van der Waals surface area contributed by atoms with Crippen LogP contribution in [-0.4, -0.2) is 44.5 Å². The highest BCUT2D eigenvalue weighted by Gasteiger charge is 2.48. The minimum absolute atomic E-state index is 0.00801. The van der Waals surface area contributed by atoms with Gasteiger partial charge in [-0.05, 0) is 37.1 Å². The average molecular weight is 390 g/mol. The monoisotopic (exact) mass is 390 g/mol. The van der Waals surface area contributed by atoms with Gasteiger partial charge in [0.05, 0.1) is 16.8 Å². The van der Waals surface area contributed by atoms with Crippen LogP contribution in [0.3, 0.4) is 0 Å². The molecule has 1 fully saturated rings. The van der Waals surface area contributed by atoms with Gasteiger partial charge in [-0.3, -0.25) is 4.79 Å². The van der Waals surface area contributed by atoms with Crippen molar-refractivity contribution in [2.24, 2.45) is 0 Å². The number of nitrogens with zero attached hydrogens (tertiary/aromatic N) is 4. The number of alkyl halides is 3. The molecule has 1 aliphatic heterocycles. The topological polar surface area (TPSA) is 59.0 Å². The highest BCUT2D eigenvalue weighted by Crippen LogP contribution is 2.35. The lowest BCUT2D eigenvalue weighted by molar-refractivity contribution is -0.169. The fourth-order valence-electron chi connectivity index (χ4n) is 3.46. The van der Waals surface area contributed by atoms with Crippen molar-refractivity contribution >= 4 is 16.8 Å². The van der Waals surface area contributed by atoms with E-state index in [4.69, 9.17) is 0 Å². The van der Waals surface area contributed by atoms with E-state index in [1.807, 2.05) is 0 Å². The largest absolute Gasteiger partial charge is 0.408 e. The summed E-state index contributed by atoms with van der Waals surface area (Å²) in [5.74, 6) is -1.40. The lowest BCUT2D eigenvalue weighted by atomic mass is 10.0. The standard InChI is InChI=1S/C19H14F4N4O/c20-12-3-4-15-13(6-12)14(7-16(26-15)11-8-24-10-25-9-11)18(28)27-5-1-2-17(27)19(21,22)23/h3-4,6-10,17H,1-2,5H2/t17-/m0/s1. The number of carbonyl (C=O) groups is 1. The van der Waals surface area contributed by atoms with Crippen LogP contribution in [-0.2, 0) is 0 Å². The van der Waals surface area contributed by atoms with Crippen LogP contribution in [0, 0.1) is 5.82 Å². The third-order valence-electron chi connectivity index (χ3n) is 4.75. The fourth-order valence-corrected chi connectivity index (χ4v) is 3.46. The quantitative estimate of drug-likeness (QED) is 0.621. The number of rotatable bonds is 2. The van der Waals surface area contributed by atoms with Gasteiger partial charge in [-0.2, -0.15) is 13.2 Å². The van der Waals surface area contributed by atoms with E-state index < -0.39 is 23.9 Å². The zero-order chi connectivity index (χ0) is 19.9. The molecular weight excluding hydrogens is 376 g/mol. The van der Waals surface area contributed by atoms with E-state index >= 15 is 0 Å². The molecule has 0 unspecified atom stereocenters. The number of hydrogen-bond donors (Lipinski definition) is 0. The van der Waals surface area contributed by atoms with Gasteiger partial charge < -0.3 is 4.90 Å². The van der Waals surface area contributed by atoms with Crippen molar-refractivity contribution in [3.8, 4) is 11.3 Å². The second-order valence-electron chi connectivity index (χ2n) is 6.54. The van der Waals surface area contributed by atoms with E-state index in [2.05, 4.69) is 15.0 Å². The Morgan fingerprint density at radius 2 is 1.89 bits per heavy atom. The van der Waals surface area contributed by atoms with Crippen LogP contribution < -0.4 is 0 Å². The predicted molar refractivity (Wildman–Crippen MR) is 92.8 cm³/mol. The molecule has 3 aromatic rings. The van der Waals surface area contributed by atoms with Crippen molar-refractivity contribution in [3.63, 3.8) is 0 Å². The highest BCUT2D eigenvalue weighted by atomic mass is 19.4. The van der Waals surface area contributed by atoms with Crippen molar-refractivity contribution < 1.29 is 22.4 Å². The Morgan fingerprint density at radius 3 is 2.61 bits per heavy atom. The second kappa shape index (κ2) is 6.81. The summed E-state index contributed by atoms with van der Waals surface area (Å²) in [4.78, 5) is 26.0. The summed E-state index contributed by atoms with van der Waals surface area (Å²) in [5, 5.41) is 0.165. The van der Waals surface area contributed by atoms with Crippen LogP contribution in [0.2, 0.25) is 0 Å². The first-order chi connectivity index (χ1) is 13.3. The Labute approximate surface area is 157 Å². The SMILES string of the molecule is O=C(c1cc(-c2cncnc2)nc2ccc(F)cc12)N1CCC[C@H]1C(F)(F)F. The molecule has 1 aliphatic rings. The number of fused-ring (bicyclic) bond motifs is 1. The van der Waals surface area contributed by atoms with Gasteiger partial charge in [-0.15, -0.1) is 0 Å². The summed E-state index contributed by atoms with van der Waals surface area (Å²) in [7, 11) is 0. The van der Waals surface area contributed by atoms with Crippen molar-refractivity contribution in [2.45, 2.75) is 25.1 Å². The molecule has 144 valence electrons. The Kier molecular flexibility index (Phi) is 4.44. The van der Waals surface area contributed by atoms with Crippen LogP contribution in [0.15, 0.2) is 43.0 Å². The molecule has 0 spiro atoms. The molecule has 28 heavy (non-hydrogen) atoms. The zero-order valence-electron chi connectivity index (χ0n) is 14.4. The lowest BCUT2D eigenvalue weighted by Gasteiger charge is -2.27. The average Bonchev–Trinajstić information content (AvgIpc) is 3.18. The molecule has 0 aliphatic carbocycles. The zero-order valence-corrected chi connectivity index (χ0v) is 14.4. The molecule has 9 heteroatoms. The molecule has 4 rings (SSSR count). The molecular formula is C19H14F4N4O. The first-order valence-electron chi connectivity index (χ1n) is 8.58. The summed E-state index contributed by atoms with van der Waals surface area (Å²) in [6, 6.07) is 3.21. The Balaban J connectivity index is 1.87. The third kappa shape index (κ3) is 3.28. The summed E-state index contributed by atoms with van der Waals surface area (Å²) in [6.45, 7) is -0.00801. The van der Waals surface area contributed by atoms with Gasteiger partial charge in [-0.1, -0.05) is 0 Å². The predicted octanol–water partition coefficient (Wildman–Crippen LogP) is 4.00. The van der Waals surface area contributed by atoms with Gasteiger partial charge in [0, 0.05) is 29.9 Å². The van der Waals surface area contributed by atoms with Crippen molar-refractivity contribution in [2.75, 3.05) is 6.54 Å². The minimum atomic E-state index is -4.52. The number of pyridine rings is 1. The number of aromatic nitrogens is 3. The number of amides is 1. The second-order valence-corrected chi connectivity index (χ2v) is 6.54. The molecule has 1 amide bonds. The molecule has 5 nitrogen and oxygen atoms in total. The van der Waals surface area contributed by atoms with Crippen LogP contribution in [0.25, 0.3) is 22.2 Å². The molecule has 0 N–H and O–H groups in total. The molecule has 0 saturated carbocycles. The first kappa shape index (κ1) is 18.3. The third-order valence-corrected chi connectivity index (χ3v) is 4.75. The Morgan fingerprint density at radius 1 is 1.14 bits per heavy atom. The number of carbonyl (C=O) groups excluding carboxylic acids is 1. The number of likely N-dealkylation sites (tertiary alicyclic amines) is 1. The van der Waals surface area contributed by atoms with Crippen molar-refractivity contribution in [1.82, 2.24) is 19.9 Å². The Bertz CT molecular complexity index is 1040. The van der Waals surface area contributed by atoms with E-state index in [0.29, 0.717) is 16.8 Å². The van der Waals surface area contributed by atoms with Gasteiger partial charge in [0.15, 0.2) is 0 Å². The fraction of sp³-hybridized carbons (Fsp3) is 0.263. The maximum absolute atomic E-state index is 13.8. The van der Waals surface area contributed by atoms with E-state index in [0.717, 1.165) is 11.0 Å². The molecule has 1 aromatic carbocycles. The molecule has 0 bridgehead atoms. The maximum atomic E-state index is 13.8. The smallest absolute Gasteiger partial charge is 0.327 e. The summed E-state index contributed by atoms with van der Waals surface area (Å²) in [6.07, 6.45) is -0.125. The van der Waals surface area contributed by atoms with Gasteiger partial charge in [0.2, 0.25) is 0 Å².